The first-order chi connectivity index (χ1) is 8.88. The number of carboxylic acid groups (broad SMARTS) is 1. The number of aliphatic hydroxyl groups excluding tert-OH is 1. The Morgan fingerprint density at radius 1 is 1.58 bits per heavy atom. The van der Waals surface area contributed by atoms with Crippen LogP contribution in [-0.4, -0.2) is 76.7 Å². The Hall–Kier alpha value is -1.83. The van der Waals surface area contributed by atoms with Crippen molar-refractivity contribution < 1.29 is 24.6 Å². The van der Waals surface area contributed by atoms with E-state index in [1.165, 1.54) is 16.8 Å². The van der Waals surface area contributed by atoms with E-state index in [0.29, 0.717) is 6.54 Å². The molecule has 1 aliphatic heterocycles. The summed E-state index contributed by atoms with van der Waals surface area (Å²) in [5.74, 6) is -1.61. The molecule has 108 valence electrons. The lowest BCUT2D eigenvalue weighted by Crippen LogP contribution is -2.61. The van der Waals surface area contributed by atoms with Crippen LogP contribution in [0.1, 0.15) is 13.3 Å². The summed E-state index contributed by atoms with van der Waals surface area (Å²) < 4.78 is 0. The molecule has 0 aromatic heterocycles. The molecule has 0 aromatic carbocycles. The lowest BCUT2D eigenvalue weighted by Gasteiger charge is -2.38. The third kappa shape index (κ3) is 3.57. The molecule has 0 aliphatic carbocycles. The maximum absolute atomic E-state index is 12.2. The Morgan fingerprint density at radius 3 is 2.74 bits per heavy atom. The number of urea groups is 1. The fourth-order valence-corrected chi connectivity index (χ4v) is 1.83. The van der Waals surface area contributed by atoms with E-state index in [0.717, 1.165) is 0 Å². The van der Waals surface area contributed by atoms with Gasteiger partial charge in [-0.05, 0) is 6.92 Å². The minimum atomic E-state index is -1.14. The number of carboxylic acids is 1. The summed E-state index contributed by atoms with van der Waals surface area (Å²) in [6.45, 7) is 2.01. The van der Waals surface area contributed by atoms with Crippen molar-refractivity contribution in [3.8, 4) is 0 Å². The summed E-state index contributed by atoms with van der Waals surface area (Å²) in [6.07, 6.45) is -0.432. The quantitative estimate of drug-likeness (QED) is 0.589. The lowest BCUT2D eigenvalue weighted by atomic mass is 10.1. The van der Waals surface area contributed by atoms with Crippen LogP contribution in [0.15, 0.2) is 0 Å². The number of amides is 3. The molecular formula is C11H19N3O5. The van der Waals surface area contributed by atoms with E-state index in [2.05, 4.69) is 5.32 Å². The van der Waals surface area contributed by atoms with Crippen LogP contribution < -0.4 is 5.32 Å². The number of likely N-dealkylation sites (N-methyl/N-ethyl adjacent to an activating group) is 1. The second kappa shape index (κ2) is 6.37. The minimum Gasteiger partial charge on any atom is -0.481 e. The summed E-state index contributed by atoms with van der Waals surface area (Å²) >= 11 is 0. The topological polar surface area (TPSA) is 110 Å². The van der Waals surface area contributed by atoms with Gasteiger partial charge in [0.05, 0.1) is 19.1 Å². The van der Waals surface area contributed by atoms with Crippen LogP contribution >= 0.6 is 0 Å². The minimum absolute atomic E-state index is 0.203. The summed E-state index contributed by atoms with van der Waals surface area (Å²) in [7, 11) is 1.51. The largest absolute Gasteiger partial charge is 0.481 e. The van der Waals surface area contributed by atoms with E-state index in [-0.39, 0.29) is 13.2 Å². The Balaban J connectivity index is 2.84. The normalized spacial score (nSPS) is 20.7. The molecule has 0 aromatic rings. The zero-order valence-electron chi connectivity index (χ0n) is 11.0. The fraction of sp³-hybridized carbons (Fsp3) is 0.727. The second-order valence-electron chi connectivity index (χ2n) is 4.52. The third-order valence-corrected chi connectivity index (χ3v) is 3.17. The molecule has 2 unspecified atom stereocenters. The SMILES string of the molecule is CC(CO)N(C)C(=O)N1CCNC(=O)C1CC(=O)O. The molecule has 0 saturated carbocycles. The van der Waals surface area contributed by atoms with Crippen molar-refractivity contribution in [2.45, 2.75) is 25.4 Å². The van der Waals surface area contributed by atoms with Gasteiger partial charge in [-0.1, -0.05) is 0 Å². The molecule has 8 nitrogen and oxygen atoms in total. The fourth-order valence-electron chi connectivity index (χ4n) is 1.83. The highest BCUT2D eigenvalue weighted by atomic mass is 16.4. The van der Waals surface area contributed by atoms with Crippen molar-refractivity contribution in [3.63, 3.8) is 0 Å². The zero-order valence-corrected chi connectivity index (χ0v) is 11.0. The van der Waals surface area contributed by atoms with Crippen molar-refractivity contribution in [2.24, 2.45) is 0 Å². The number of aliphatic carboxylic acids is 1. The predicted molar refractivity (Wildman–Crippen MR) is 65.5 cm³/mol. The van der Waals surface area contributed by atoms with Crippen molar-refractivity contribution in [1.82, 2.24) is 15.1 Å². The second-order valence-corrected chi connectivity index (χ2v) is 4.52. The van der Waals surface area contributed by atoms with Crippen LogP contribution in [0.5, 0.6) is 0 Å². The first-order valence-corrected chi connectivity index (χ1v) is 6.02. The molecule has 0 bridgehead atoms. The molecule has 0 spiro atoms. The van der Waals surface area contributed by atoms with Crippen LogP contribution in [0.3, 0.4) is 0 Å². The van der Waals surface area contributed by atoms with E-state index in [1.807, 2.05) is 0 Å². The van der Waals surface area contributed by atoms with Gasteiger partial charge in [0.2, 0.25) is 5.91 Å². The van der Waals surface area contributed by atoms with Crippen LogP contribution in [-0.2, 0) is 9.59 Å². The number of piperazine rings is 1. The molecule has 2 atom stereocenters. The number of nitrogens with one attached hydrogen (secondary N) is 1. The highest BCUT2D eigenvalue weighted by Crippen LogP contribution is 2.13. The molecular weight excluding hydrogens is 254 g/mol. The van der Waals surface area contributed by atoms with E-state index in [1.54, 1.807) is 6.92 Å². The Labute approximate surface area is 111 Å². The van der Waals surface area contributed by atoms with Crippen molar-refractivity contribution in [2.75, 3.05) is 26.7 Å². The van der Waals surface area contributed by atoms with Gasteiger partial charge < -0.3 is 25.3 Å². The van der Waals surface area contributed by atoms with E-state index >= 15 is 0 Å². The molecule has 1 aliphatic rings. The molecule has 3 amide bonds. The van der Waals surface area contributed by atoms with Crippen LogP contribution in [0.4, 0.5) is 4.79 Å². The van der Waals surface area contributed by atoms with Gasteiger partial charge in [0.25, 0.3) is 0 Å². The summed E-state index contributed by atoms with van der Waals surface area (Å²) in [6, 6.07) is -1.86. The zero-order chi connectivity index (χ0) is 14.6. The van der Waals surface area contributed by atoms with Crippen LogP contribution in [0.25, 0.3) is 0 Å². The number of rotatable bonds is 4. The van der Waals surface area contributed by atoms with Gasteiger partial charge >= 0.3 is 12.0 Å². The number of nitrogens with zero attached hydrogens (tertiary/aromatic N) is 2. The van der Waals surface area contributed by atoms with E-state index in [4.69, 9.17) is 10.2 Å². The highest BCUT2D eigenvalue weighted by Gasteiger charge is 2.36. The van der Waals surface area contributed by atoms with Gasteiger partial charge in [-0.25, -0.2) is 4.79 Å². The van der Waals surface area contributed by atoms with Crippen molar-refractivity contribution >= 4 is 17.9 Å². The Morgan fingerprint density at radius 2 is 2.21 bits per heavy atom. The summed E-state index contributed by atoms with van der Waals surface area (Å²) in [5.41, 5.74) is 0. The van der Waals surface area contributed by atoms with Crippen LogP contribution in [0.2, 0.25) is 0 Å². The smallest absolute Gasteiger partial charge is 0.320 e. The number of aliphatic hydroxyl groups is 1. The first kappa shape index (κ1) is 15.2. The number of hydrogen-bond donors (Lipinski definition) is 3. The lowest BCUT2D eigenvalue weighted by molar-refractivity contribution is -0.142. The maximum Gasteiger partial charge on any atom is 0.320 e. The van der Waals surface area contributed by atoms with Gasteiger partial charge in [0.15, 0.2) is 0 Å². The summed E-state index contributed by atoms with van der Waals surface area (Å²) in [5, 5.41) is 20.4. The molecule has 3 N–H and O–H groups in total. The van der Waals surface area contributed by atoms with Crippen molar-refractivity contribution in [3.05, 3.63) is 0 Å². The average Bonchev–Trinajstić information content (AvgIpc) is 2.38. The Kier molecular flexibility index (Phi) is 5.11. The molecule has 1 fully saturated rings. The molecule has 1 rings (SSSR count). The third-order valence-electron chi connectivity index (χ3n) is 3.17. The first-order valence-electron chi connectivity index (χ1n) is 6.02. The molecule has 1 saturated heterocycles. The average molecular weight is 273 g/mol. The number of carbonyl (C=O) groups excluding carboxylic acids is 2. The Bertz CT molecular complexity index is 373. The summed E-state index contributed by atoms with van der Waals surface area (Å²) in [4.78, 5) is 37.2. The van der Waals surface area contributed by atoms with Gasteiger partial charge in [-0.2, -0.15) is 0 Å². The van der Waals surface area contributed by atoms with Gasteiger partial charge in [0.1, 0.15) is 6.04 Å². The predicted octanol–water partition coefficient (Wildman–Crippen LogP) is -1.31. The van der Waals surface area contributed by atoms with Gasteiger partial charge in [-0.3, -0.25) is 9.59 Å². The highest BCUT2D eigenvalue weighted by molar-refractivity contribution is 5.91. The van der Waals surface area contributed by atoms with Gasteiger partial charge in [0, 0.05) is 20.1 Å². The molecule has 8 heteroatoms. The van der Waals surface area contributed by atoms with E-state index in [9.17, 15) is 14.4 Å². The van der Waals surface area contributed by atoms with Crippen LogP contribution in [0, 0.1) is 0 Å². The monoisotopic (exact) mass is 273 g/mol. The molecule has 0 radical (unpaired) electrons. The molecule has 19 heavy (non-hydrogen) atoms. The van der Waals surface area contributed by atoms with Crippen molar-refractivity contribution in [1.29, 1.82) is 0 Å². The van der Waals surface area contributed by atoms with E-state index < -0.39 is 36.4 Å². The number of hydrogen-bond acceptors (Lipinski definition) is 4. The van der Waals surface area contributed by atoms with Gasteiger partial charge in [-0.15, -0.1) is 0 Å². The number of carbonyl (C=O) groups is 3. The standard InChI is InChI=1S/C11H19N3O5/c1-7(6-15)13(2)11(19)14-4-3-12-10(18)8(14)5-9(16)17/h7-8,15H,3-6H2,1-2H3,(H,12,18)(H,16,17). The maximum atomic E-state index is 12.2. The molecule has 1 heterocycles.